The van der Waals surface area contributed by atoms with Crippen molar-refractivity contribution in [3.63, 3.8) is 0 Å². The van der Waals surface area contributed by atoms with Gasteiger partial charge in [0.25, 0.3) is 0 Å². The van der Waals surface area contributed by atoms with Crippen LogP contribution < -0.4 is 5.73 Å². The number of hydrogen-bond acceptors (Lipinski definition) is 3. The van der Waals surface area contributed by atoms with Gasteiger partial charge < -0.3 is 10.8 Å². The highest BCUT2D eigenvalue weighted by molar-refractivity contribution is 7.84. The Balaban J connectivity index is 2.22. The molecule has 0 bridgehead atoms. The second-order valence-corrected chi connectivity index (χ2v) is 5.56. The number of anilines is 1. The SMILES string of the molecule is Cc1cccc(S(=O)Cc2ccc(O)cc2)c1N. The van der Waals surface area contributed by atoms with Gasteiger partial charge >= 0.3 is 0 Å². The molecule has 0 heterocycles. The number of nitrogens with two attached hydrogens (primary N) is 1. The van der Waals surface area contributed by atoms with Crippen molar-refractivity contribution in [3.05, 3.63) is 53.6 Å². The predicted octanol–water partition coefficient (Wildman–Crippen LogP) is 2.59. The minimum Gasteiger partial charge on any atom is -0.508 e. The Hall–Kier alpha value is -1.81. The molecule has 2 aromatic rings. The Morgan fingerprint density at radius 2 is 1.83 bits per heavy atom. The Labute approximate surface area is 109 Å². The molecule has 1 atom stereocenters. The molecule has 0 saturated carbocycles. The number of benzene rings is 2. The molecule has 4 heteroatoms. The number of nitrogen functional groups attached to an aromatic ring is 1. The molecule has 0 amide bonds. The first-order valence-corrected chi connectivity index (χ1v) is 6.91. The van der Waals surface area contributed by atoms with Gasteiger partial charge in [-0.1, -0.05) is 24.3 Å². The standard InChI is InChI=1S/C14H15NO2S/c1-10-3-2-4-13(14(10)15)18(17)9-11-5-7-12(16)8-6-11/h2-8,16H,9,15H2,1H3. The van der Waals surface area contributed by atoms with Gasteiger partial charge in [-0.2, -0.15) is 0 Å². The maximum atomic E-state index is 12.2. The minimum absolute atomic E-state index is 0.208. The van der Waals surface area contributed by atoms with Crippen LogP contribution in [0.1, 0.15) is 11.1 Å². The van der Waals surface area contributed by atoms with Crippen molar-refractivity contribution in [3.8, 4) is 5.75 Å². The molecule has 0 aliphatic heterocycles. The molecule has 3 nitrogen and oxygen atoms in total. The highest BCUT2D eigenvalue weighted by atomic mass is 32.2. The zero-order valence-corrected chi connectivity index (χ0v) is 10.9. The molecular weight excluding hydrogens is 246 g/mol. The van der Waals surface area contributed by atoms with E-state index in [2.05, 4.69) is 0 Å². The molecular formula is C14H15NO2S. The van der Waals surface area contributed by atoms with Crippen LogP contribution in [0.5, 0.6) is 5.75 Å². The van der Waals surface area contributed by atoms with Crippen molar-refractivity contribution in [1.29, 1.82) is 0 Å². The lowest BCUT2D eigenvalue weighted by Crippen LogP contribution is -2.02. The molecule has 0 aliphatic rings. The Kier molecular flexibility index (Phi) is 3.67. The fourth-order valence-corrected chi connectivity index (χ4v) is 2.96. The summed E-state index contributed by atoms with van der Waals surface area (Å²) in [7, 11) is -1.17. The van der Waals surface area contributed by atoms with Crippen LogP contribution in [-0.2, 0) is 16.6 Å². The van der Waals surface area contributed by atoms with Gasteiger partial charge in [0.2, 0.25) is 0 Å². The van der Waals surface area contributed by atoms with Gasteiger partial charge in [0.05, 0.1) is 27.1 Å². The lowest BCUT2D eigenvalue weighted by Gasteiger charge is -2.08. The van der Waals surface area contributed by atoms with E-state index in [1.165, 1.54) is 0 Å². The minimum atomic E-state index is -1.17. The number of aromatic hydroxyl groups is 1. The smallest absolute Gasteiger partial charge is 0.115 e. The van der Waals surface area contributed by atoms with E-state index in [0.29, 0.717) is 16.3 Å². The van der Waals surface area contributed by atoms with E-state index in [1.54, 1.807) is 30.3 Å². The van der Waals surface area contributed by atoms with Gasteiger partial charge in [0, 0.05) is 0 Å². The van der Waals surface area contributed by atoms with Gasteiger partial charge in [-0.15, -0.1) is 0 Å². The van der Waals surface area contributed by atoms with Crippen LogP contribution in [0.15, 0.2) is 47.4 Å². The summed E-state index contributed by atoms with van der Waals surface area (Å²) >= 11 is 0. The fourth-order valence-electron chi connectivity index (χ4n) is 1.67. The van der Waals surface area contributed by atoms with E-state index in [1.807, 2.05) is 19.1 Å². The zero-order valence-electron chi connectivity index (χ0n) is 10.1. The molecule has 94 valence electrons. The van der Waals surface area contributed by atoms with Gasteiger partial charge in [-0.25, -0.2) is 0 Å². The molecule has 0 saturated heterocycles. The predicted molar refractivity (Wildman–Crippen MR) is 73.8 cm³/mol. The number of hydrogen-bond donors (Lipinski definition) is 2. The van der Waals surface area contributed by atoms with Crippen LogP contribution >= 0.6 is 0 Å². The van der Waals surface area contributed by atoms with Gasteiger partial charge in [0.15, 0.2) is 0 Å². The van der Waals surface area contributed by atoms with Gasteiger partial charge in [0.1, 0.15) is 5.75 Å². The number of aryl methyl sites for hydroxylation is 1. The van der Waals surface area contributed by atoms with E-state index in [-0.39, 0.29) is 5.75 Å². The Morgan fingerprint density at radius 1 is 1.17 bits per heavy atom. The molecule has 18 heavy (non-hydrogen) atoms. The van der Waals surface area contributed by atoms with Gasteiger partial charge in [-0.05, 0) is 36.2 Å². The third-order valence-electron chi connectivity index (χ3n) is 2.76. The second-order valence-electron chi connectivity index (χ2n) is 4.14. The lowest BCUT2D eigenvalue weighted by molar-refractivity contribution is 0.475. The number of rotatable bonds is 3. The summed E-state index contributed by atoms with van der Waals surface area (Å²) in [5.41, 5.74) is 8.37. The molecule has 3 N–H and O–H groups in total. The summed E-state index contributed by atoms with van der Waals surface area (Å²) in [6.45, 7) is 1.90. The molecule has 0 spiro atoms. The zero-order chi connectivity index (χ0) is 13.1. The highest BCUT2D eigenvalue weighted by Gasteiger charge is 2.10. The summed E-state index contributed by atoms with van der Waals surface area (Å²) in [6.07, 6.45) is 0. The van der Waals surface area contributed by atoms with Crippen LogP contribution in [-0.4, -0.2) is 9.32 Å². The van der Waals surface area contributed by atoms with E-state index in [9.17, 15) is 9.32 Å². The average Bonchev–Trinajstić information content (AvgIpc) is 2.35. The first-order chi connectivity index (χ1) is 8.58. The fraction of sp³-hybridized carbons (Fsp3) is 0.143. The van der Waals surface area contributed by atoms with E-state index < -0.39 is 10.8 Å². The number of phenols is 1. The van der Waals surface area contributed by atoms with Crippen LogP contribution in [0.2, 0.25) is 0 Å². The van der Waals surface area contributed by atoms with E-state index in [0.717, 1.165) is 11.1 Å². The first kappa shape index (κ1) is 12.6. The topological polar surface area (TPSA) is 63.3 Å². The molecule has 0 radical (unpaired) electrons. The van der Waals surface area contributed by atoms with Crippen LogP contribution in [0.4, 0.5) is 5.69 Å². The largest absolute Gasteiger partial charge is 0.508 e. The molecule has 2 aromatic carbocycles. The van der Waals surface area contributed by atoms with Crippen LogP contribution in [0.3, 0.4) is 0 Å². The summed E-state index contributed by atoms with van der Waals surface area (Å²) in [5, 5.41) is 9.19. The van der Waals surface area contributed by atoms with Crippen molar-refractivity contribution in [2.24, 2.45) is 0 Å². The van der Waals surface area contributed by atoms with Crippen molar-refractivity contribution in [1.82, 2.24) is 0 Å². The first-order valence-electron chi connectivity index (χ1n) is 5.59. The molecule has 0 aliphatic carbocycles. The van der Waals surface area contributed by atoms with Crippen molar-refractivity contribution >= 4 is 16.5 Å². The van der Waals surface area contributed by atoms with Crippen LogP contribution in [0.25, 0.3) is 0 Å². The highest BCUT2D eigenvalue weighted by Crippen LogP contribution is 2.22. The molecule has 2 rings (SSSR count). The molecule has 0 aromatic heterocycles. The Bertz CT molecular complexity index is 579. The second kappa shape index (κ2) is 5.23. The summed E-state index contributed by atoms with van der Waals surface area (Å²) in [5.74, 6) is 0.605. The monoisotopic (exact) mass is 261 g/mol. The number of para-hydroxylation sites is 1. The quantitative estimate of drug-likeness (QED) is 0.835. The third-order valence-corrected chi connectivity index (χ3v) is 4.21. The third kappa shape index (κ3) is 2.71. The molecule has 1 unspecified atom stereocenters. The maximum absolute atomic E-state index is 12.2. The average molecular weight is 261 g/mol. The normalized spacial score (nSPS) is 12.3. The number of phenolic OH excluding ortho intramolecular Hbond substituents is 1. The van der Waals surface area contributed by atoms with Crippen molar-refractivity contribution in [2.75, 3.05) is 5.73 Å². The Morgan fingerprint density at radius 3 is 2.50 bits per heavy atom. The lowest BCUT2D eigenvalue weighted by atomic mass is 10.2. The van der Waals surface area contributed by atoms with E-state index >= 15 is 0 Å². The summed E-state index contributed by atoms with van der Waals surface area (Å²) in [4.78, 5) is 0.670. The van der Waals surface area contributed by atoms with Crippen LogP contribution in [0, 0.1) is 6.92 Å². The van der Waals surface area contributed by atoms with Gasteiger partial charge in [-0.3, -0.25) is 4.21 Å². The molecule has 0 fully saturated rings. The summed E-state index contributed by atoms with van der Waals surface area (Å²) < 4.78 is 12.2. The van der Waals surface area contributed by atoms with E-state index in [4.69, 9.17) is 5.73 Å². The van der Waals surface area contributed by atoms with Crippen molar-refractivity contribution < 1.29 is 9.32 Å². The van der Waals surface area contributed by atoms with Crippen molar-refractivity contribution in [2.45, 2.75) is 17.6 Å². The maximum Gasteiger partial charge on any atom is 0.115 e. The summed E-state index contributed by atoms with van der Waals surface area (Å²) in [6, 6.07) is 12.3.